The molecule has 0 bridgehead atoms. The number of carbonyl (C=O) groups excluding carboxylic acids is 1. The van der Waals surface area contributed by atoms with E-state index < -0.39 is 0 Å². The first-order chi connectivity index (χ1) is 12.2. The van der Waals surface area contributed by atoms with Crippen LogP contribution >= 0.6 is 0 Å². The summed E-state index contributed by atoms with van der Waals surface area (Å²) in [5.74, 6) is 0.931. The molecular weight excluding hydrogens is 308 g/mol. The maximum absolute atomic E-state index is 13.0. The number of para-hydroxylation sites is 1. The molecule has 1 unspecified atom stereocenters. The Bertz CT molecular complexity index is 864. The molecular formula is C22H24N2O. The van der Waals surface area contributed by atoms with Crippen molar-refractivity contribution >= 4 is 16.7 Å². The van der Waals surface area contributed by atoms with Gasteiger partial charge in [-0.05, 0) is 37.3 Å². The number of aromatic nitrogens is 1. The quantitative estimate of drug-likeness (QED) is 0.639. The number of hydrogen-bond donors (Lipinski definition) is 1. The Morgan fingerprint density at radius 3 is 2.60 bits per heavy atom. The molecule has 1 aliphatic rings. The van der Waals surface area contributed by atoms with Crippen LogP contribution in [0.5, 0.6) is 0 Å². The molecule has 1 aliphatic carbocycles. The first kappa shape index (κ1) is 16.1. The zero-order valence-corrected chi connectivity index (χ0v) is 14.6. The smallest absolute Gasteiger partial charge is 0.178 e. The van der Waals surface area contributed by atoms with Crippen molar-refractivity contribution in [3.63, 3.8) is 0 Å². The SMILES string of the molecule is CC(C1CC1)N(CC(=O)c1c[nH]c2ccccc12)Cc1ccccc1. The number of fused-ring (bicyclic) bond motifs is 1. The predicted octanol–water partition coefficient (Wildman–Crippen LogP) is 4.65. The molecule has 3 aromatic rings. The fourth-order valence-corrected chi connectivity index (χ4v) is 3.61. The number of H-pyrrole nitrogens is 1. The lowest BCUT2D eigenvalue weighted by Crippen LogP contribution is -2.38. The average molecular weight is 332 g/mol. The average Bonchev–Trinajstić information content (AvgIpc) is 3.40. The summed E-state index contributed by atoms with van der Waals surface area (Å²) in [7, 11) is 0. The highest BCUT2D eigenvalue weighted by Gasteiger charge is 2.33. The highest BCUT2D eigenvalue weighted by Crippen LogP contribution is 2.35. The fourth-order valence-electron chi connectivity index (χ4n) is 3.61. The van der Waals surface area contributed by atoms with Gasteiger partial charge in [0.05, 0.1) is 6.54 Å². The molecule has 0 radical (unpaired) electrons. The monoisotopic (exact) mass is 332 g/mol. The van der Waals surface area contributed by atoms with Crippen LogP contribution in [-0.4, -0.2) is 28.3 Å². The summed E-state index contributed by atoms with van der Waals surface area (Å²) < 4.78 is 0. The topological polar surface area (TPSA) is 36.1 Å². The van der Waals surface area contributed by atoms with Crippen LogP contribution in [0.15, 0.2) is 60.8 Å². The largest absolute Gasteiger partial charge is 0.360 e. The van der Waals surface area contributed by atoms with Gasteiger partial charge < -0.3 is 4.98 Å². The molecule has 25 heavy (non-hydrogen) atoms. The van der Waals surface area contributed by atoms with E-state index in [1.807, 2.05) is 36.5 Å². The van der Waals surface area contributed by atoms with Crippen molar-refractivity contribution in [2.45, 2.75) is 32.4 Å². The van der Waals surface area contributed by atoms with Gasteiger partial charge in [0.2, 0.25) is 0 Å². The minimum Gasteiger partial charge on any atom is -0.360 e. The number of rotatable bonds is 7. The van der Waals surface area contributed by atoms with E-state index in [9.17, 15) is 4.79 Å². The minimum atomic E-state index is 0.195. The Labute approximate surface area is 148 Å². The molecule has 128 valence electrons. The van der Waals surface area contributed by atoms with Gasteiger partial charge in [-0.25, -0.2) is 0 Å². The van der Waals surface area contributed by atoms with Gasteiger partial charge in [-0.3, -0.25) is 9.69 Å². The molecule has 0 amide bonds. The molecule has 1 heterocycles. The third-order valence-corrected chi connectivity index (χ3v) is 5.35. The van der Waals surface area contributed by atoms with Crippen molar-refractivity contribution in [2.24, 2.45) is 5.92 Å². The van der Waals surface area contributed by atoms with Gasteiger partial charge in [-0.15, -0.1) is 0 Å². The van der Waals surface area contributed by atoms with Crippen molar-refractivity contribution in [3.05, 3.63) is 71.9 Å². The molecule has 1 fully saturated rings. The van der Waals surface area contributed by atoms with Crippen molar-refractivity contribution in [1.29, 1.82) is 0 Å². The van der Waals surface area contributed by atoms with Gasteiger partial charge in [0, 0.05) is 35.2 Å². The Hall–Kier alpha value is -2.39. The highest BCUT2D eigenvalue weighted by atomic mass is 16.1. The Morgan fingerprint density at radius 2 is 1.84 bits per heavy atom. The summed E-state index contributed by atoms with van der Waals surface area (Å²) in [6.45, 7) is 3.56. The first-order valence-corrected chi connectivity index (χ1v) is 9.09. The second-order valence-electron chi connectivity index (χ2n) is 7.14. The fraction of sp³-hybridized carbons (Fsp3) is 0.318. The molecule has 0 spiro atoms. The van der Waals surface area contributed by atoms with E-state index in [0.29, 0.717) is 12.6 Å². The number of aromatic amines is 1. The van der Waals surface area contributed by atoms with Crippen LogP contribution in [0.25, 0.3) is 10.9 Å². The van der Waals surface area contributed by atoms with E-state index in [0.717, 1.165) is 28.9 Å². The third-order valence-electron chi connectivity index (χ3n) is 5.35. The van der Waals surface area contributed by atoms with Crippen molar-refractivity contribution < 1.29 is 4.79 Å². The Kier molecular flexibility index (Phi) is 4.41. The van der Waals surface area contributed by atoms with Gasteiger partial charge in [-0.1, -0.05) is 48.5 Å². The summed E-state index contributed by atoms with van der Waals surface area (Å²) in [5, 5.41) is 1.02. The second kappa shape index (κ2) is 6.85. The van der Waals surface area contributed by atoms with Gasteiger partial charge >= 0.3 is 0 Å². The van der Waals surface area contributed by atoms with Gasteiger partial charge in [0.15, 0.2) is 5.78 Å². The number of nitrogens with zero attached hydrogens (tertiary/aromatic N) is 1. The molecule has 3 heteroatoms. The summed E-state index contributed by atoms with van der Waals surface area (Å²) in [6.07, 6.45) is 4.43. The summed E-state index contributed by atoms with van der Waals surface area (Å²) >= 11 is 0. The van der Waals surface area contributed by atoms with E-state index in [1.54, 1.807) is 0 Å². The second-order valence-corrected chi connectivity index (χ2v) is 7.14. The van der Waals surface area contributed by atoms with Crippen LogP contribution < -0.4 is 0 Å². The highest BCUT2D eigenvalue weighted by molar-refractivity contribution is 6.08. The van der Waals surface area contributed by atoms with E-state index in [2.05, 4.69) is 41.1 Å². The standard InChI is InChI=1S/C22H24N2O/c1-16(18-11-12-18)24(14-17-7-3-2-4-8-17)15-22(25)20-13-23-21-10-6-5-9-19(20)21/h2-10,13,16,18,23H,11-12,14-15H2,1H3. The molecule has 0 aliphatic heterocycles. The van der Waals surface area contributed by atoms with Crippen molar-refractivity contribution in [1.82, 2.24) is 9.88 Å². The van der Waals surface area contributed by atoms with Crippen LogP contribution in [0, 0.1) is 5.92 Å². The predicted molar refractivity (Wildman–Crippen MR) is 102 cm³/mol. The maximum atomic E-state index is 13.0. The zero-order valence-electron chi connectivity index (χ0n) is 14.6. The third kappa shape index (κ3) is 3.52. The summed E-state index contributed by atoms with van der Waals surface area (Å²) in [4.78, 5) is 18.6. The molecule has 0 saturated heterocycles. The number of Topliss-reactive ketones (excluding diaryl/α,β-unsaturated/α-hetero) is 1. The molecule has 1 N–H and O–H groups in total. The Balaban J connectivity index is 1.56. The lowest BCUT2D eigenvalue weighted by atomic mass is 10.1. The molecule has 1 aromatic heterocycles. The maximum Gasteiger partial charge on any atom is 0.178 e. The Morgan fingerprint density at radius 1 is 1.12 bits per heavy atom. The molecule has 3 nitrogen and oxygen atoms in total. The van der Waals surface area contributed by atoms with Crippen LogP contribution in [0.3, 0.4) is 0 Å². The molecule has 1 saturated carbocycles. The van der Waals surface area contributed by atoms with E-state index in [-0.39, 0.29) is 5.78 Å². The lowest BCUT2D eigenvalue weighted by Gasteiger charge is -2.28. The number of nitrogens with one attached hydrogen (secondary N) is 1. The van der Waals surface area contributed by atoms with Crippen LogP contribution in [-0.2, 0) is 6.54 Å². The normalized spacial score (nSPS) is 15.6. The van der Waals surface area contributed by atoms with Crippen molar-refractivity contribution in [3.8, 4) is 0 Å². The summed E-state index contributed by atoms with van der Waals surface area (Å²) in [6, 6.07) is 18.9. The van der Waals surface area contributed by atoms with Gasteiger partial charge in [0.1, 0.15) is 0 Å². The van der Waals surface area contributed by atoms with Crippen LogP contribution in [0.2, 0.25) is 0 Å². The van der Waals surface area contributed by atoms with E-state index in [1.165, 1.54) is 18.4 Å². The number of benzene rings is 2. The van der Waals surface area contributed by atoms with Crippen molar-refractivity contribution in [2.75, 3.05) is 6.54 Å². The number of ketones is 1. The van der Waals surface area contributed by atoms with Gasteiger partial charge in [0.25, 0.3) is 0 Å². The van der Waals surface area contributed by atoms with E-state index in [4.69, 9.17) is 0 Å². The van der Waals surface area contributed by atoms with E-state index >= 15 is 0 Å². The van der Waals surface area contributed by atoms with Crippen LogP contribution in [0.4, 0.5) is 0 Å². The summed E-state index contributed by atoms with van der Waals surface area (Å²) in [5.41, 5.74) is 3.09. The zero-order chi connectivity index (χ0) is 17.2. The molecule has 2 aromatic carbocycles. The number of hydrogen-bond acceptors (Lipinski definition) is 2. The lowest BCUT2D eigenvalue weighted by molar-refractivity contribution is 0.0878. The molecule has 1 atom stereocenters. The van der Waals surface area contributed by atoms with Gasteiger partial charge in [-0.2, -0.15) is 0 Å². The first-order valence-electron chi connectivity index (χ1n) is 9.09. The minimum absolute atomic E-state index is 0.195. The number of carbonyl (C=O) groups is 1. The molecule has 4 rings (SSSR count). The van der Waals surface area contributed by atoms with Crippen LogP contribution in [0.1, 0.15) is 35.7 Å².